The van der Waals surface area contributed by atoms with E-state index >= 15 is 0 Å². The number of ether oxygens (including phenoxy) is 1. The molecular formula is C16H26ClN3O2. The molecule has 0 radical (unpaired) electrons. The molecule has 1 aliphatic rings. The summed E-state index contributed by atoms with van der Waals surface area (Å²) in [4.78, 5) is 11.4. The topological polar surface area (TPSA) is 53.6 Å². The van der Waals surface area contributed by atoms with Crippen molar-refractivity contribution in [3.8, 4) is 0 Å². The highest BCUT2D eigenvalue weighted by Gasteiger charge is 2.11. The lowest BCUT2D eigenvalue weighted by Crippen LogP contribution is -2.43. The van der Waals surface area contributed by atoms with Crippen LogP contribution in [0.15, 0.2) is 18.2 Å². The molecule has 1 amide bonds. The van der Waals surface area contributed by atoms with Crippen LogP contribution in [0, 0.1) is 0 Å². The molecule has 22 heavy (non-hydrogen) atoms. The molecule has 0 spiro atoms. The highest BCUT2D eigenvalue weighted by atomic mass is 35.5. The number of rotatable bonds is 6. The van der Waals surface area contributed by atoms with Crippen molar-refractivity contribution in [3.05, 3.63) is 28.8 Å². The van der Waals surface area contributed by atoms with Crippen molar-refractivity contribution in [3.63, 3.8) is 0 Å². The van der Waals surface area contributed by atoms with Crippen molar-refractivity contribution >= 4 is 23.7 Å². The fourth-order valence-electron chi connectivity index (χ4n) is 2.27. The first-order chi connectivity index (χ1) is 10.7. The minimum Gasteiger partial charge on any atom is -0.385 e. The average Bonchev–Trinajstić information content (AvgIpc) is 2.57. The second kappa shape index (κ2) is 11.3. The van der Waals surface area contributed by atoms with E-state index in [1.54, 1.807) is 14.2 Å². The third kappa shape index (κ3) is 6.64. The molecule has 1 fully saturated rings. The van der Waals surface area contributed by atoms with E-state index < -0.39 is 0 Å². The molecule has 1 aromatic carbocycles. The van der Waals surface area contributed by atoms with E-state index in [0.29, 0.717) is 6.41 Å². The van der Waals surface area contributed by atoms with Crippen LogP contribution < -0.4 is 15.5 Å². The number of anilines is 1. The fraction of sp³-hybridized carbons (Fsp3) is 0.562. The summed E-state index contributed by atoms with van der Waals surface area (Å²) >= 11 is 6.34. The van der Waals surface area contributed by atoms with Gasteiger partial charge in [-0.05, 0) is 30.5 Å². The van der Waals surface area contributed by atoms with E-state index in [-0.39, 0.29) is 0 Å². The Kier molecular flexibility index (Phi) is 9.62. The molecule has 2 rings (SSSR count). The molecule has 0 unspecified atom stereocenters. The lowest BCUT2D eigenvalue weighted by molar-refractivity contribution is -0.109. The van der Waals surface area contributed by atoms with Crippen molar-refractivity contribution in [2.75, 3.05) is 51.8 Å². The highest BCUT2D eigenvalue weighted by Crippen LogP contribution is 2.25. The van der Waals surface area contributed by atoms with E-state index in [1.807, 2.05) is 0 Å². The van der Waals surface area contributed by atoms with Gasteiger partial charge < -0.3 is 20.3 Å². The zero-order chi connectivity index (χ0) is 16.2. The van der Waals surface area contributed by atoms with Crippen LogP contribution in [-0.4, -0.2) is 53.4 Å². The Labute approximate surface area is 138 Å². The molecule has 1 heterocycles. The van der Waals surface area contributed by atoms with Crippen LogP contribution >= 0.6 is 11.6 Å². The van der Waals surface area contributed by atoms with Crippen molar-refractivity contribution in [2.24, 2.45) is 0 Å². The van der Waals surface area contributed by atoms with Crippen molar-refractivity contribution in [1.82, 2.24) is 10.6 Å². The van der Waals surface area contributed by atoms with Crippen molar-refractivity contribution in [1.29, 1.82) is 0 Å². The van der Waals surface area contributed by atoms with Crippen LogP contribution in [0.1, 0.15) is 12.0 Å². The molecular weight excluding hydrogens is 302 g/mol. The number of nitrogens with one attached hydrogen (secondary N) is 2. The first-order valence-electron chi connectivity index (χ1n) is 7.57. The molecule has 5 nitrogen and oxygen atoms in total. The number of aryl methyl sites for hydroxylation is 1. The monoisotopic (exact) mass is 327 g/mol. The van der Waals surface area contributed by atoms with Crippen LogP contribution in [0.25, 0.3) is 0 Å². The zero-order valence-electron chi connectivity index (χ0n) is 13.4. The SMILES string of the molecule is CNC=O.COCCCc1ccc(N2CCNCC2)cc1Cl. The summed E-state index contributed by atoms with van der Waals surface area (Å²) < 4.78 is 5.06. The summed E-state index contributed by atoms with van der Waals surface area (Å²) in [6.07, 6.45) is 2.62. The molecule has 1 saturated heterocycles. The number of hydrogen-bond acceptors (Lipinski definition) is 4. The van der Waals surface area contributed by atoms with Crippen molar-refractivity contribution in [2.45, 2.75) is 12.8 Å². The van der Waals surface area contributed by atoms with Crippen LogP contribution in [0.2, 0.25) is 5.02 Å². The molecule has 0 atom stereocenters. The summed E-state index contributed by atoms with van der Waals surface area (Å²) in [6, 6.07) is 6.42. The summed E-state index contributed by atoms with van der Waals surface area (Å²) in [7, 11) is 3.29. The van der Waals surface area contributed by atoms with Gasteiger partial charge >= 0.3 is 0 Å². The number of piperazine rings is 1. The van der Waals surface area contributed by atoms with Gasteiger partial charge in [0, 0.05) is 57.7 Å². The van der Waals surface area contributed by atoms with Gasteiger partial charge in [-0.1, -0.05) is 17.7 Å². The average molecular weight is 328 g/mol. The minimum absolute atomic E-state index is 0.625. The number of benzene rings is 1. The quantitative estimate of drug-likeness (QED) is 0.617. The Morgan fingerprint density at radius 3 is 2.64 bits per heavy atom. The predicted molar refractivity (Wildman–Crippen MR) is 91.9 cm³/mol. The standard InChI is InChI=1S/C14H21ClN2O.C2H5NO/c1-18-10-2-3-12-4-5-13(11-14(12)15)17-8-6-16-7-9-17;1-3-2-4/h4-5,11,16H,2-3,6-10H2,1H3;2H,1H3,(H,3,4). The van der Waals surface area contributed by atoms with Crippen LogP contribution in [-0.2, 0) is 16.0 Å². The van der Waals surface area contributed by atoms with Crippen molar-refractivity contribution < 1.29 is 9.53 Å². The second-order valence-electron chi connectivity index (χ2n) is 5.02. The zero-order valence-corrected chi connectivity index (χ0v) is 14.2. The van der Waals surface area contributed by atoms with E-state index in [2.05, 4.69) is 33.7 Å². The molecule has 0 saturated carbocycles. The van der Waals surface area contributed by atoms with Gasteiger partial charge in [-0.25, -0.2) is 0 Å². The third-order valence-electron chi connectivity index (χ3n) is 3.43. The Bertz CT molecular complexity index is 437. The number of nitrogens with zero attached hydrogens (tertiary/aromatic N) is 1. The summed E-state index contributed by atoms with van der Waals surface area (Å²) in [5.74, 6) is 0. The van der Waals surface area contributed by atoms with Gasteiger partial charge in [-0.2, -0.15) is 0 Å². The van der Waals surface area contributed by atoms with Gasteiger partial charge in [-0.3, -0.25) is 4.79 Å². The normalized spacial score (nSPS) is 14.0. The number of amides is 1. The summed E-state index contributed by atoms with van der Waals surface area (Å²) in [5.41, 5.74) is 2.45. The molecule has 0 bridgehead atoms. The third-order valence-corrected chi connectivity index (χ3v) is 3.78. The number of carbonyl (C=O) groups excluding carboxylic acids is 1. The first kappa shape index (κ1) is 18.7. The minimum atomic E-state index is 0.625. The fourth-order valence-corrected chi connectivity index (χ4v) is 2.53. The maximum atomic E-state index is 9.06. The summed E-state index contributed by atoms with van der Waals surface area (Å²) in [6.45, 7) is 5.00. The van der Waals surface area contributed by atoms with Gasteiger partial charge in [0.2, 0.25) is 6.41 Å². The predicted octanol–water partition coefficient (Wildman–Crippen LogP) is 1.69. The van der Waals surface area contributed by atoms with Crippen LogP contribution in [0.4, 0.5) is 5.69 Å². The molecule has 6 heteroatoms. The van der Waals surface area contributed by atoms with E-state index in [4.69, 9.17) is 21.1 Å². The Hall–Kier alpha value is -1.30. The van der Waals surface area contributed by atoms with Gasteiger partial charge in [-0.15, -0.1) is 0 Å². The Balaban J connectivity index is 0.000000541. The van der Waals surface area contributed by atoms with E-state index in [1.165, 1.54) is 11.3 Å². The number of halogens is 1. The van der Waals surface area contributed by atoms with Crippen LogP contribution in [0.5, 0.6) is 0 Å². The largest absolute Gasteiger partial charge is 0.385 e. The number of hydrogen-bond donors (Lipinski definition) is 2. The van der Waals surface area contributed by atoms with E-state index in [9.17, 15) is 0 Å². The molecule has 2 N–H and O–H groups in total. The van der Waals surface area contributed by atoms with E-state index in [0.717, 1.165) is 50.7 Å². The lowest BCUT2D eigenvalue weighted by Gasteiger charge is -2.29. The first-order valence-corrected chi connectivity index (χ1v) is 7.94. The molecule has 1 aromatic rings. The molecule has 1 aliphatic heterocycles. The maximum Gasteiger partial charge on any atom is 0.206 e. The second-order valence-corrected chi connectivity index (χ2v) is 5.42. The Morgan fingerprint density at radius 2 is 2.09 bits per heavy atom. The Morgan fingerprint density at radius 1 is 1.41 bits per heavy atom. The van der Waals surface area contributed by atoms with Gasteiger partial charge in [0.25, 0.3) is 0 Å². The lowest BCUT2D eigenvalue weighted by atomic mass is 10.1. The molecule has 0 aromatic heterocycles. The molecule has 124 valence electrons. The van der Waals surface area contributed by atoms with Crippen LogP contribution in [0.3, 0.4) is 0 Å². The number of methoxy groups -OCH3 is 1. The molecule has 0 aliphatic carbocycles. The maximum absolute atomic E-state index is 9.06. The number of carbonyl (C=O) groups is 1. The van der Waals surface area contributed by atoms with Gasteiger partial charge in [0.15, 0.2) is 0 Å². The van der Waals surface area contributed by atoms with Gasteiger partial charge in [0.05, 0.1) is 0 Å². The smallest absolute Gasteiger partial charge is 0.206 e. The van der Waals surface area contributed by atoms with Gasteiger partial charge in [0.1, 0.15) is 0 Å². The highest BCUT2D eigenvalue weighted by molar-refractivity contribution is 6.31. The summed E-state index contributed by atoms with van der Waals surface area (Å²) in [5, 5.41) is 6.48.